The highest BCUT2D eigenvalue weighted by molar-refractivity contribution is 6.37. The minimum Gasteiger partial charge on any atom is -0.392 e. The zero-order valence-corrected chi connectivity index (χ0v) is 17.3. The van der Waals surface area contributed by atoms with Crippen molar-refractivity contribution in [2.24, 2.45) is 0 Å². The number of hydrogen-bond acceptors (Lipinski definition) is 4. The van der Waals surface area contributed by atoms with E-state index in [1.54, 1.807) is 18.3 Å². The fourth-order valence-electron chi connectivity index (χ4n) is 3.76. The molecule has 1 amide bonds. The van der Waals surface area contributed by atoms with Crippen molar-refractivity contribution in [1.29, 1.82) is 0 Å². The summed E-state index contributed by atoms with van der Waals surface area (Å²) in [7, 11) is 0. The van der Waals surface area contributed by atoms with Crippen LogP contribution in [0.1, 0.15) is 35.2 Å². The molecule has 5 nitrogen and oxygen atoms in total. The van der Waals surface area contributed by atoms with Gasteiger partial charge in [-0.2, -0.15) is 0 Å². The second-order valence-electron chi connectivity index (χ2n) is 7.52. The van der Waals surface area contributed by atoms with E-state index in [4.69, 9.17) is 11.6 Å². The largest absolute Gasteiger partial charge is 0.392 e. The van der Waals surface area contributed by atoms with E-state index in [0.717, 1.165) is 36.0 Å². The van der Waals surface area contributed by atoms with Crippen LogP contribution in [0.4, 0.5) is 5.82 Å². The Balaban J connectivity index is 1.41. The summed E-state index contributed by atoms with van der Waals surface area (Å²) < 4.78 is 0. The van der Waals surface area contributed by atoms with Gasteiger partial charge in [0.25, 0.3) is 5.91 Å². The first-order valence-electron chi connectivity index (χ1n) is 10.1. The Hall–Kier alpha value is -2.73. The topological polar surface area (TPSA) is 74.2 Å². The number of halogens is 1. The first-order chi connectivity index (χ1) is 14.6. The average molecular weight is 422 g/mol. The lowest BCUT2D eigenvalue weighted by atomic mass is 10.0. The summed E-state index contributed by atoms with van der Waals surface area (Å²) in [5.41, 5.74) is 3.17. The lowest BCUT2D eigenvalue weighted by molar-refractivity contribution is 0.102. The number of carbonyl (C=O) groups excluding carboxylic acids is 1. The van der Waals surface area contributed by atoms with Crippen molar-refractivity contribution in [3.8, 4) is 11.1 Å². The zero-order chi connectivity index (χ0) is 20.9. The Bertz CT molecular complexity index is 1010. The number of anilines is 1. The molecule has 30 heavy (non-hydrogen) atoms. The number of nitrogens with one attached hydrogen (secondary N) is 2. The molecular formula is C24H24ClN3O2. The van der Waals surface area contributed by atoms with E-state index < -0.39 is 0 Å². The summed E-state index contributed by atoms with van der Waals surface area (Å²) in [6.45, 7) is 0.633. The molecule has 1 fully saturated rings. The van der Waals surface area contributed by atoms with Crippen molar-refractivity contribution in [2.45, 2.75) is 38.0 Å². The second kappa shape index (κ2) is 9.39. The minimum atomic E-state index is -0.301. The van der Waals surface area contributed by atoms with Gasteiger partial charge in [0.1, 0.15) is 5.82 Å². The average Bonchev–Trinajstić information content (AvgIpc) is 3.18. The minimum absolute atomic E-state index is 0.142. The van der Waals surface area contributed by atoms with Gasteiger partial charge >= 0.3 is 0 Å². The van der Waals surface area contributed by atoms with Crippen LogP contribution >= 0.6 is 11.6 Å². The number of amides is 1. The Morgan fingerprint density at radius 1 is 1.07 bits per heavy atom. The van der Waals surface area contributed by atoms with Crippen LogP contribution < -0.4 is 10.6 Å². The van der Waals surface area contributed by atoms with Crippen LogP contribution in [-0.4, -0.2) is 28.1 Å². The van der Waals surface area contributed by atoms with Gasteiger partial charge in [0, 0.05) is 24.3 Å². The van der Waals surface area contributed by atoms with Crippen LogP contribution in [0.25, 0.3) is 11.1 Å². The number of hydrogen-bond donors (Lipinski definition) is 3. The molecule has 1 heterocycles. The number of nitrogens with zero attached hydrogens (tertiary/aromatic N) is 1. The van der Waals surface area contributed by atoms with Crippen LogP contribution in [0.3, 0.4) is 0 Å². The van der Waals surface area contributed by atoms with E-state index in [2.05, 4.69) is 15.6 Å². The molecule has 1 saturated carbocycles. The van der Waals surface area contributed by atoms with Gasteiger partial charge in [0.05, 0.1) is 16.7 Å². The molecular weight excluding hydrogens is 398 g/mol. The third-order valence-electron chi connectivity index (χ3n) is 5.44. The molecule has 4 rings (SSSR count). The fraction of sp³-hybridized carbons (Fsp3) is 0.250. The molecule has 1 aliphatic carbocycles. The van der Waals surface area contributed by atoms with Crippen molar-refractivity contribution in [3.05, 3.63) is 83.0 Å². The number of aliphatic hydroxyl groups is 1. The van der Waals surface area contributed by atoms with Crippen LogP contribution in [0, 0.1) is 0 Å². The van der Waals surface area contributed by atoms with Crippen molar-refractivity contribution in [1.82, 2.24) is 10.3 Å². The highest BCUT2D eigenvalue weighted by Crippen LogP contribution is 2.31. The molecule has 0 bridgehead atoms. The van der Waals surface area contributed by atoms with Crippen molar-refractivity contribution >= 4 is 23.3 Å². The molecule has 6 heteroatoms. The SMILES string of the molecule is O=C(Nc1ccc(CN[C@@H]2CCC[C@@H]2O)cn1)c1cccc(-c2ccccc2)c1Cl. The summed E-state index contributed by atoms with van der Waals surface area (Å²) in [5, 5.41) is 16.5. The van der Waals surface area contributed by atoms with Gasteiger partial charge in [-0.05, 0) is 42.5 Å². The fourth-order valence-corrected chi connectivity index (χ4v) is 4.08. The maximum Gasteiger partial charge on any atom is 0.258 e. The number of aliphatic hydroxyl groups excluding tert-OH is 1. The van der Waals surface area contributed by atoms with Gasteiger partial charge in [-0.15, -0.1) is 0 Å². The van der Waals surface area contributed by atoms with E-state index >= 15 is 0 Å². The van der Waals surface area contributed by atoms with E-state index in [1.165, 1.54) is 0 Å². The number of benzene rings is 2. The summed E-state index contributed by atoms with van der Waals surface area (Å²) >= 11 is 6.53. The monoisotopic (exact) mass is 421 g/mol. The molecule has 1 aliphatic rings. The predicted octanol–water partition coefficient (Wildman–Crippen LogP) is 4.66. The van der Waals surface area contributed by atoms with Crippen molar-refractivity contribution < 1.29 is 9.90 Å². The van der Waals surface area contributed by atoms with Crippen LogP contribution in [-0.2, 0) is 6.54 Å². The standard InChI is InChI=1S/C24H24ClN3O2/c25-23-18(17-6-2-1-3-7-17)8-4-9-19(23)24(30)28-22-13-12-16(15-27-22)14-26-20-10-5-11-21(20)29/h1-4,6-9,12-13,15,20-21,26,29H,5,10-11,14H2,(H,27,28,30)/t20-,21+/m1/s1. The summed E-state index contributed by atoms with van der Waals surface area (Å²) in [4.78, 5) is 17.1. The number of carbonyl (C=O) groups is 1. The van der Waals surface area contributed by atoms with Gasteiger partial charge in [0.15, 0.2) is 0 Å². The van der Waals surface area contributed by atoms with E-state index in [-0.39, 0.29) is 18.1 Å². The van der Waals surface area contributed by atoms with Gasteiger partial charge in [-0.3, -0.25) is 4.79 Å². The first-order valence-corrected chi connectivity index (χ1v) is 10.5. The Kier molecular flexibility index (Phi) is 6.43. The lowest BCUT2D eigenvalue weighted by Gasteiger charge is -2.16. The molecule has 2 aromatic carbocycles. The Morgan fingerprint density at radius 3 is 2.60 bits per heavy atom. The van der Waals surface area contributed by atoms with Crippen molar-refractivity contribution in [2.75, 3.05) is 5.32 Å². The quantitative estimate of drug-likeness (QED) is 0.541. The van der Waals surface area contributed by atoms with E-state index in [9.17, 15) is 9.90 Å². The van der Waals surface area contributed by atoms with Crippen molar-refractivity contribution in [3.63, 3.8) is 0 Å². The molecule has 0 saturated heterocycles. The predicted molar refractivity (Wildman–Crippen MR) is 120 cm³/mol. The Morgan fingerprint density at radius 2 is 1.90 bits per heavy atom. The second-order valence-corrected chi connectivity index (χ2v) is 7.90. The van der Waals surface area contributed by atoms with Gasteiger partial charge in [-0.1, -0.05) is 60.1 Å². The summed E-state index contributed by atoms with van der Waals surface area (Å²) in [6.07, 6.45) is 4.36. The molecule has 0 radical (unpaired) electrons. The number of rotatable bonds is 6. The maximum atomic E-state index is 12.8. The van der Waals surface area contributed by atoms with Gasteiger partial charge in [-0.25, -0.2) is 4.98 Å². The van der Waals surface area contributed by atoms with Crippen LogP contribution in [0.5, 0.6) is 0 Å². The molecule has 0 aliphatic heterocycles. The van der Waals surface area contributed by atoms with E-state index in [0.29, 0.717) is 22.9 Å². The van der Waals surface area contributed by atoms with E-state index in [1.807, 2.05) is 48.5 Å². The highest BCUT2D eigenvalue weighted by atomic mass is 35.5. The normalized spacial score (nSPS) is 18.3. The third kappa shape index (κ3) is 4.70. The molecule has 3 N–H and O–H groups in total. The third-order valence-corrected chi connectivity index (χ3v) is 5.85. The summed E-state index contributed by atoms with van der Waals surface area (Å²) in [6, 6.07) is 19.0. The lowest BCUT2D eigenvalue weighted by Crippen LogP contribution is -2.35. The Labute approximate surface area is 181 Å². The molecule has 3 aromatic rings. The molecule has 154 valence electrons. The highest BCUT2D eigenvalue weighted by Gasteiger charge is 2.24. The molecule has 2 atom stereocenters. The summed E-state index contributed by atoms with van der Waals surface area (Å²) in [5.74, 6) is 0.163. The molecule has 0 spiro atoms. The molecule has 0 unspecified atom stereocenters. The number of aromatic nitrogens is 1. The van der Waals surface area contributed by atoms with Crippen LogP contribution in [0.2, 0.25) is 5.02 Å². The smallest absolute Gasteiger partial charge is 0.258 e. The number of pyridine rings is 1. The van der Waals surface area contributed by atoms with Crippen LogP contribution in [0.15, 0.2) is 66.9 Å². The first kappa shape index (κ1) is 20.5. The molecule has 1 aromatic heterocycles. The van der Waals surface area contributed by atoms with Gasteiger partial charge in [0.2, 0.25) is 0 Å². The maximum absolute atomic E-state index is 12.8. The zero-order valence-electron chi connectivity index (χ0n) is 16.5. The van der Waals surface area contributed by atoms with Gasteiger partial charge < -0.3 is 15.7 Å².